The molecule has 1 aromatic heterocycles. The molecule has 1 aromatic carbocycles. The molecule has 0 bridgehead atoms. The summed E-state index contributed by atoms with van der Waals surface area (Å²) < 4.78 is 45.6. The Bertz CT molecular complexity index is 824. The molecule has 0 spiro atoms. The Balaban J connectivity index is 1.77. The lowest BCUT2D eigenvalue weighted by Crippen LogP contribution is -2.17. The van der Waals surface area contributed by atoms with Crippen LogP contribution >= 0.6 is 11.8 Å². The van der Waals surface area contributed by atoms with Crippen LogP contribution in [0.5, 0.6) is 5.75 Å². The van der Waals surface area contributed by atoms with Gasteiger partial charge >= 0.3 is 6.36 Å². The van der Waals surface area contributed by atoms with E-state index in [4.69, 9.17) is 4.42 Å². The molecule has 9 heteroatoms. The first-order valence-electron chi connectivity index (χ1n) is 6.51. The van der Waals surface area contributed by atoms with Gasteiger partial charge in [-0.25, -0.2) is 0 Å². The molecule has 0 atom stereocenters. The average molecular weight is 355 g/mol. The predicted octanol–water partition coefficient (Wildman–Crippen LogP) is 4.17. The smallest absolute Gasteiger partial charge is 0.457 e. The highest BCUT2D eigenvalue weighted by molar-refractivity contribution is 8.18. The van der Waals surface area contributed by atoms with Gasteiger partial charge in [-0.05, 0) is 48.2 Å². The maximum Gasteiger partial charge on any atom is 0.573 e. The molecule has 24 heavy (non-hydrogen) atoms. The average Bonchev–Trinajstić information content (AvgIpc) is 3.06. The van der Waals surface area contributed by atoms with Crippen molar-refractivity contribution < 1.29 is 31.9 Å². The maximum absolute atomic E-state index is 12.1. The quantitative estimate of drug-likeness (QED) is 0.837. The number of hydrogen-bond acceptors (Lipinski definition) is 5. The van der Waals surface area contributed by atoms with Gasteiger partial charge in [0.05, 0.1) is 4.91 Å². The minimum absolute atomic E-state index is 0.204. The molecule has 2 amide bonds. The van der Waals surface area contributed by atoms with Gasteiger partial charge < -0.3 is 9.15 Å². The highest BCUT2D eigenvalue weighted by Gasteiger charge is 2.31. The molecule has 3 rings (SSSR count). The van der Waals surface area contributed by atoms with Crippen LogP contribution in [0.3, 0.4) is 0 Å². The van der Waals surface area contributed by atoms with Crippen LogP contribution in [0.1, 0.15) is 5.76 Å². The third-order valence-corrected chi connectivity index (χ3v) is 3.73. The number of thioether (sulfide) groups is 1. The Morgan fingerprint density at radius 2 is 1.79 bits per heavy atom. The first kappa shape index (κ1) is 16.2. The van der Waals surface area contributed by atoms with E-state index in [1.807, 2.05) is 0 Å². The second-order valence-electron chi connectivity index (χ2n) is 4.63. The number of amides is 2. The van der Waals surface area contributed by atoms with Crippen LogP contribution in [0.15, 0.2) is 45.7 Å². The van der Waals surface area contributed by atoms with Crippen LogP contribution in [-0.2, 0) is 4.79 Å². The van der Waals surface area contributed by atoms with E-state index < -0.39 is 17.5 Å². The first-order chi connectivity index (χ1) is 11.3. The molecule has 124 valence electrons. The molecular formula is C15H8F3NO4S. The van der Waals surface area contributed by atoms with E-state index in [-0.39, 0.29) is 10.7 Å². The summed E-state index contributed by atoms with van der Waals surface area (Å²) in [6, 6.07) is 8.35. The van der Waals surface area contributed by atoms with Crippen molar-refractivity contribution in [1.82, 2.24) is 5.32 Å². The number of ether oxygens (including phenoxy) is 1. The second-order valence-corrected chi connectivity index (χ2v) is 5.64. The molecule has 0 unspecified atom stereocenters. The Morgan fingerprint density at radius 3 is 2.38 bits per heavy atom. The summed E-state index contributed by atoms with van der Waals surface area (Å²) in [5.74, 6) is -0.0996. The van der Waals surface area contributed by atoms with E-state index in [0.29, 0.717) is 17.1 Å². The van der Waals surface area contributed by atoms with Crippen LogP contribution in [0.4, 0.5) is 18.0 Å². The van der Waals surface area contributed by atoms with Gasteiger partial charge in [0.1, 0.15) is 17.3 Å². The van der Waals surface area contributed by atoms with Gasteiger partial charge in [-0.2, -0.15) is 0 Å². The summed E-state index contributed by atoms with van der Waals surface area (Å²) in [6.45, 7) is 0. The van der Waals surface area contributed by atoms with Gasteiger partial charge in [-0.3, -0.25) is 14.9 Å². The van der Waals surface area contributed by atoms with Gasteiger partial charge in [-0.15, -0.1) is 13.2 Å². The van der Waals surface area contributed by atoms with Crippen LogP contribution in [0.25, 0.3) is 17.4 Å². The van der Waals surface area contributed by atoms with Gasteiger partial charge in [0, 0.05) is 11.6 Å². The van der Waals surface area contributed by atoms with Crippen molar-refractivity contribution in [1.29, 1.82) is 0 Å². The van der Waals surface area contributed by atoms with Gasteiger partial charge in [0.15, 0.2) is 0 Å². The number of nitrogens with one attached hydrogen (secondary N) is 1. The van der Waals surface area contributed by atoms with Crippen molar-refractivity contribution in [2.24, 2.45) is 0 Å². The monoisotopic (exact) mass is 355 g/mol. The predicted molar refractivity (Wildman–Crippen MR) is 79.9 cm³/mol. The highest BCUT2D eigenvalue weighted by atomic mass is 32.2. The molecule has 2 aromatic rings. The minimum Gasteiger partial charge on any atom is -0.457 e. The third kappa shape index (κ3) is 3.80. The van der Waals surface area contributed by atoms with Crippen molar-refractivity contribution in [3.05, 3.63) is 47.1 Å². The van der Waals surface area contributed by atoms with E-state index in [9.17, 15) is 22.8 Å². The molecule has 0 saturated carbocycles. The lowest BCUT2D eigenvalue weighted by atomic mass is 10.2. The normalized spacial score (nSPS) is 16.5. The number of rotatable bonds is 3. The Labute approximate surface area is 137 Å². The topological polar surface area (TPSA) is 68.5 Å². The second kappa shape index (κ2) is 6.08. The third-order valence-electron chi connectivity index (χ3n) is 2.91. The minimum atomic E-state index is -4.75. The Morgan fingerprint density at radius 1 is 1.08 bits per heavy atom. The van der Waals surface area contributed by atoms with Crippen molar-refractivity contribution in [3.63, 3.8) is 0 Å². The molecule has 0 aliphatic carbocycles. The standard InChI is InChI=1S/C15H8F3NO4S/c16-15(17,18)23-9-3-1-8(2-4-9)11-6-5-10(22-11)7-12-13(20)19-14(21)24-12/h1-7H,(H,19,20,21)/b12-7-. The molecule has 1 fully saturated rings. The Hall–Kier alpha value is -2.68. The zero-order valence-electron chi connectivity index (χ0n) is 11.7. The summed E-state index contributed by atoms with van der Waals surface area (Å²) >= 11 is 0.759. The van der Waals surface area contributed by atoms with Crippen molar-refractivity contribution in [2.75, 3.05) is 0 Å². The van der Waals surface area contributed by atoms with Crippen molar-refractivity contribution in [2.45, 2.75) is 6.36 Å². The number of carbonyl (C=O) groups excluding carboxylic acids is 2. The fourth-order valence-corrected chi connectivity index (χ4v) is 2.62. The van der Waals surface area contributed by atoms with Gasteiger partial charge in [0.25, 0.3) is 11.1 Å². The zero-order valence-corrected chi connectivity index (χ0v) is 12.5. The molecule has 1 N–H and O–H groups in total. The number of furan rings is 1. The van der Waals surface area contributed by atoms with E-state index in [1.54, 1.807) is 12.1 Å². The van der Waals surface area contributed by atoms with Crippen LogP contribution in [0.2, 0.25) is 0 Å². The van der Waals surface area contributed by atoms with E-state index in [1.165, 1.54) is 30.3 Å². The van der Waals surface area contributed by atoms with E-state index in [2.05, 4.69) is 10.1 Å². The molecule has 1 aliphatic heterocycles. The number of benzene rings is 1. The summed E-state index contributed by atoms with van der Waals surface area (Å²) in [5.41, 5.74) is 0.536. The molecule has 0 radical (unpaired) electrons. The van der Waals surface area contributed by atoms with Gasteiger partial charge in [-0.1, -0.05) is 0 Å². The van der Waals surface area contributed by atoms with E-state index >= 15 is 0 Å². The largest absolute Gasteiger partial charge is 0.573 e. The number of halogens is 3. The number of imide groups is 1. The first-order valence-corrected chi connectivity index (χ1v) is 7.33. The summed E-state index contributed by atoms with van der Waals surface area (Å²) in [4.78, 5) is 22.7. The Kier molecular flexibility index (Phi) is 4.10. The number of carbonyl (C=O) groups is 2. The highest BCUT2D eigenvalue weighted by Crippen LogP contribution is 2.30. The molecule has 2 heterocycles. The lowest BCUT2D eigenvalue weighted by molar-refractivity contribution is -0.274. The van der Waals surface area contributed by atoms with Gasteiger partial charge in [0.2, 0.25) is 0 Å². The summed E-state index contributed by atoms with van der Waals surface area (Å²) in [5, 5.41) is 1.66. The molecule has 1 saturated heterocycles. The van der Waals surface area contributed by atoms with Crippen molar-refractivity contribution in [3.8, 4) is 17.1 Å². The van der Waals surface area contributed by atoms with Crippen LogP contribution in [0, 0.1) is 0 Å². The summed E-state index contributed by atoms with van der Waals surface area (Å²) in [7, 11) is 0. The lowest BCUT2D eigenvalue weighted by Gasteiger charge is -2.08. The zero-order chi connectivity index (χ0) is 17.3. The van der Waals surface area contributed by atoms with Crippen LogP contribution < -0.4 is 10.1 Å². The molecule has 1 aliphatic rings. The number of alkyl halides is 3. The van der Waals surface area contributed by atoms with Crippen molar-refractivity contribution >= 4 is 29.0 Å². The summed E-state index contributed by atoms with van der Waals surface area (Å²) in [6.07, 6.45) is -3.34. The molecular weight excluding hydrogens is 347 g/mol. The number of hydrogen-bond donors (Lipinski definition) is 1. The molecule has 5 nitrogen and oxygen atoms in total. The fraction of sp³-hybridized carbons (Fsp3) is 0.0667. The van der Waals surface area contributed by atoms with E-state index in [0.717, 1.165) is 11.8 Å². The SMILES string of the molecule is O=C1NC(=O)/C(=C/c2ccc(-c3ccc(OC(F)(F)F)cc3)o2)S1. The van der Waals surface area contributed by atoms with Crippen LogP contribution in [-0.4, -0.2) is 17.5 Å². The fourth-order valence-electron chi connectivity index (χ4n) is 1.96. The maximum atomic E-state index is 12.1.